The number of Topliss-reactive ketones (excluding diaryl/α,β-unsaturated/α-hetero) is 1. The van der Waals surface area contributed by atoms with Gasteiger partial charge < -0.3 is 10.2 Å². The fourth-order valence-corrected chi connectivity index (χ4v) is 1.83. The molecule has 1 fully saturated rings. The second-order valence-electron chi connectivity index (χ2n) is 4.13. The SMILES string of the molecule is CC1CN(CC(O)CC(=O)O)CCC1=O. The molecule has 1 rings (SSSR count). The number of carbonyl (C=O) groups excluding carboxylic acids is 1. The van der Waals surface area contributed by atoms with Crippen molar-refractivity contribution in [1.82, 2.24) is 4.90 Å². The molecular weight excluding hydrogens is 198 g/mol. The molecule has 0 aromatic heterocycles. The molecule has 0 spiro atoms. The van der Waals surface area contributed by atoms with Crippen LogP contribution in [0.4, 0.5) is 0 Å². The highest BCUT2D eigenvalue weighted by Crippen LogP contribution is 2.12. The molecule has 2 atom stereocenters. The van der Waals surface area contributed by atoms with Gasteiger partial charge in [-0.05, 0) is 0 Å². The van der Waals surface area contributed by atoms with E-state index in [1.165, 1.54) is 0 Å². The summed E-state index contributed by atoms with van der Waals surface area (Å²) in [5.41, 5.74) is 0. The molecule has 1 saturated heterocycles. The van der Waals surface area contributed by atoms with E-state index in [0.29, 0.717) is 26.1 Å². The van der Waals surface area contributed by atoms with Crippen LogP contribution in [-0.2, 0) is 9.59 Å². The number of nitrogens with zero attached hydrogens (tertiary/aromatic N) is 1. The molecule has 0 aliphatic carbocycles. The summed E-state index contributed by atoms with van der Waals surface area (Å²) in [5, 5.41) is 17.9. The summed E-state index contributed by atoms with van der Waals surface area (Å²) in [4.78, 5) is 23.5. The third-order valence-corrected chi connectivity index (χ3v) is 2.64. The summed E-state index contributed by atoms with van der Waals surface area (Å²) in [6.07, 6.45) is -0.581. The number of carbonyl (C=O) groups is 2. The lowest BCUT2D eigenvalue weighted by molar-refractivity contribution is -0.139. The molecule has 2 unspecified atom stereocenters. The summed E-state index contributed by atoms with van der Waals surface area (Å²) in [5.74, 6) is -0.751. The number of hydrogen-bond donors (Lipinski definition) is 2. The van der Waals surface area contributed by atoms with Crippen LogP contribution in [0.5, 0.6) is 0 Å². The van der Waals surface area contributed by atoms with E-state index in [2.05, 4.69) is 0 Å². The van der Waals surface area contributed by atoms with Gasteiger partial charge in [-0.25, -0.2) is 0 Å². The predicted octanol–water partition coefficient (Wildman–Crippen LogP) is -0.267. The van der Waals surface area contributed by atoms with Crippen LogP contribution < -0.4 is 0 Å². The standard InChI is InChI=1S/C10H17NO4/c1-7-5-11(3-2-9(7)13)6-8(12)4-10(14)15/h7-8,12H,2-6H2,1H3,(H,14,15). The molecule has 2 N–H and O–H groups in total. The average molecular weight is 215 g/mol. The molecule has 0 aromatic carbocycles. The summed E-state index contributed by atoms with van der Waals surface area (Å²) < 4.78 is 0. The van der Waals surface area contributed by atoms with Crippen molar-refractivity contribution >= 4 is 11.8 Å². The van der Waals surface area contributed by atoms with Crippen LogP contribution in [0.1, 0.15) is 19.8 Å². The highest BCUT2D eigenvalue weighted by molar-refractivity contribution is 5.81. The number of piperidine rings is 1. The van der Waals surface area contributed by atoms with E-state index in [1.54, 1.807) is 0 Å². The largest absolute Gasteiger partial charge is 0.481 e. The van der Waals surface area contributed by atoms with Gasteiger partial charge in [0, 0.05) is 32.0 Å². The third kappa shape index (κ3) is 3.97. The van der Waals surface area contributed by atoms with Crippen LogP contribution in [0.15, 0.2) is 0 Å². The van der Waals surface area contributed by atoms with E-state index < -0.39 is 12.1 Å². The molecule has 1 aliphatic rings. The molecule has 0 saturated carbocycles. The Morgan fingerprint density at radius 3 is 2.87 bits per heavy atom. The van der Waals surface area contributed by atoms with Crippen molar-refractivity contribution in [3.63, 3.8) is 0 Å². The fourth-order valence-electron chi connectivity index (χ4n) is 1.83. The minimum absolute atomic E-state index is 0.00391. The fraction of sp³-hybridized carbons (Fsp3) is 0.800. The highest BCUT2D eigenvalue weighted by Gasteiger charge is 2.25. The maximum absolute atomic E-state index is 11.2. The monoisotopic (exact) mass is 215 g/mol. The number of aliphatic hydroxyl groups is 1. The Morgan fingerprint density at radius 1 is 1.67 bits per heavy atom. The first-order chi connectivity index (χ1) is 6.99. The normalized spacial score (nSPS) is 25.2. The van der Waals surface area contributed by atoms with E-state index >= 15 is 0 Å². The Hall–Kier alpha value is -0.940. The van der Waals surface area contributed by atoms with Gasteiger partial charge in [-0.3, -0.25) is 14.5 Å². The highest BCUT2D eigenvalue weighted by atomic mass is 16.4. The quantitative estimate of drug-likeness (QED) is 0.675. The maximum atomic E-state index is 11.2. The van der Waals surface area contributed by atoms with Crippen molar-refractivity contribution in [3.05, 3.63) is 0 Å². The first-order valence-electron chi connectivity index (χ1n) is 5.14. The van der Waals surface area contributed by atoms with E-state index in [9.17, 15) is 14.7 Å². The lowest BCUT2D eigenvalue weighted by Gasteiger charge is -2.31. The number of aliphatic hydroxyl groups excluding tert-OH is 1. The number of rotatable bonds is 4. The Kier molecular flexibility index (Phi) is 4.23. The second kappa shape index (κ2) is 5.23. The molecule has 15 heavy (non-hydrogen) atoms. The maximum Gasteiger partial charge on any atom is 0.306 e. The Labute approximate surface area is 88.7 Å². The van der Waals surface area contributed by atoms with Crippen LogP contribution in [0.2, 0.25) is 0 Å². The van der Waals surface area contributed by atoms with Gasteiger partial charge in [0.1, 0.15) is 5.78 Å². The van der Waals surface area contributed by atoms with Gasteiger partial charge in [0.25, 0.3) is 0 Å². The zero-order valence-corrected chi connectivity index (χ0v) is 8.85. The lowest BCUT2D eigenvalue weighted by atomic mass is 9.98. The van der Waals surface area contributed by atoms with Crippen molar-refractivity contribution in [3.8, 4) is 0 Å². The first kappa shape index (κ1) is 12.1. The van der Waals surface area contributed by atoms with Crippen LogP contribution in [0.3, 0.4) is 0 Å². The molecule has 1 heterocycles. The third-order valence-electron chi connectivity index (χ3n) is 2.64. The number of ketones is 1. The van der Waals surface area contributed by atoms with Gasteiger partial charge in [0.05, 0.1) is 12.5 Å². The topological polar surface area (TPSA) is 77.8 Å². The Balaban J connectivity index is 2.33. The van der Waals surface area contributed by atoms with Crippen molar-refractivity contribution in [2.24, 2.45) is 5.92 Å². The van der Waals surface area contributed by atoms with Gasteiger partial charge >= 0.3 is 5.97 Å². The van der Waals surface area contributed by atoms with E-state index in [-0.39, 0.29) is 18.1 Å². The van der Waals surface area contributed by atoms with E-state index in [0.717, 1.165) is 0 Å². The van der Waals surface area contributed by atoms with Crippen LogP contribution in [-0.4, -0.2) is 52.6 Å². The average Bonchev–Trinajstić information content (AvgIpc) is 2.10. The van der Waals surface area contributed by atoms with Crippen molar-refractivity contribution < 1.29 is 19.8 Å². The molecule has 5 heteroatoms. The molecule has 86 valence electrons. The summed E-state index contributed by atoms with van der Waals surface area (Å²) in [6, 6.07) is 0. The summed E-state index contributed by atoms with van der Waals surface area (Å²) in [6.45, 7) is 3.44. The molecule has 1 aliphatic heterocycles. The van der Waals surface area contributed by atoms with Gasteiger partial charge in [-0.1, -0.05) is 6.92 Å². The van der Waals surface area contributed by atoms with Gasteiger partial charge in [-0.2, -0.15) is 0 Å². The Bertz CT molecular complexity index is 254. The number of β-amino-alcohol motifs (C(OH)–C–C–N with tert-alkyl or cyclic N) is 1. The van der Waals surface area contributed by atoms with Crippen molar-refractivity contribution in [1.29, 1.82) is 0 Å². The van der Waals surface area contributed by atoms with Crippen LogP contribution in [0.25, 0.3) is 0 Å². The molecule has 0 bridgehead atoms. The minimum Gasteiger partial charge on any atom is -0.481 e. The molecule has 0 amide bonds. The van der Waals surface area contributed by atoms with Crippen molar-refractivity contribution in [2.45, 2.75) is 25.9 Å². The number of aliphatic carboxylic acids is 1. The molecular formula is C10H17NO4. The molecule has 5 nitrogen and oxygen atoms in total. The number of carboxylic acids is 1. The predicted molar refractivity (Wildman–Crippen MR) is 53.5 cm³/mol. The summed E-state index contributed by atoms with van der Waals surface area (Å²) in [7, 11) is 0. The lowest BCUT2D eigenvalue weighted by Crippen LogP contribution is -2.43. The zero-order chi connectivity index (χ0) is 11.4. The first-order valence-corrected chi connectivity index (χ1v) is 5.14. The van der Waals surface area contributed by atoms with Crippen molar-refractivity contribution in [2.75, 3.05) is 19.6 Å². The smallest absolute Gasteiger partial charge is 0.306 e. The van der Waals surface area contributed by atoms with Crippen LogP contribution >= 0.6 is 0 Å². The number of hydrogen-bond acceptors (Lipinski definition) is 4. The van der Waals surface area contributed by atoms with Gasteiger partial charge in [0.2, 0.25) is 0 Å². The number of carboxylic acid groups (broad SMARTS) is 1. The second-order valence-corrected chi connectivity index (χ2v) is 4.13. The van der Waals surface area contributed by atoms with E-state index in [4.69, 9.17) is 5.11 Å². The van der Waals surface area contributed by atoms with Gasteiger partial charge in [-0.15, -0.1) is 0 Å². The molecule has 0 aromatic rings. The number of likely N-dealkylation sites (tertiary alicyclic amines) is 1. The van der Waals surface area contributed by atoms with Gasteiger partial charge in [0.15, 0.2) is 0 Å². The minimum atomic E-state index is -0.997. The molecule has 0 radical (unpaired) electrons. The Morgan fingerprint density at radius 2 is 2.33 bits per heavy atom. The zero-order valence-electron chi connectivity index (χ0n) is 8.85. The van der Waals surface area contributed by atoms with E-state index in [1.807, 2.05) is 11.8 Å². The van der Waals surface area contributed by atoms with Crippen LogP contribution in [0, 0.1) is 5.92 Å². The summed E-state index contributed by atoms with van der Waals surface area (Å²) >= 11 is 0.